The quantitative estimate of drug-likeness (QED) is 0.698. The molecule has 1 aliphatic carbocycles. The number of nitrogens with two attached hydrogens (primary N) is 1. The van der Waals surface area contributed by atoms with Crippen LogP contribution in [0.4, 0.5) is 0 Å². The van der Waals surface area contributed by atoms with Gasteiger partial charge < -0.3 is 15.6 Å². The molecule has 2 aliphatic rings. The number of rotatable bonds is 0. The van der Waals surface area contributed by atoms with E-state index in [1.165, 1.54) is 5.57 Å². The van der Waals surface area contributed by atoms with Gasteiger partial charge in [-0.05, 0) is 56.7 Å². The van der Waals surface area contributed by atoms with Crippen LogP contribution >= 0.6 is 0 Å². The number of benzene rings is 1. The third kappa shape index (κ3) is 2.37. The van der Waals surface area contributed by atoms with Crippen LogP contribution in [-0.2, 0) is 5.41 Å². The summed E-state index contributed by atoms with van der Waals surface area (Å²) in [6, 6.07) is 3.97. The number of hydrogen-bond donors (Lipinski definition) is 2. The van der Waals surface area contributed by atoms with Gasteiger partial charge in [0, 0.05) is 11.5 Å². The highest BCUT2D eigenvalue weighted by atomic mass is 16.5. The molecule has 0 bridgehead atoms. The molecule has 0 fully saturated rings. The Morgan fingerprint density at radius 2 is 1.91 bits per heavy atom. The highest BCUT2D eigenvalue weighted by Crippen LogP contribution is 2.55. The summed E-state index contributed by atoms with van der Waals surface area (Å²) < 4.78 is 6.33. The molecule has 3 nitrogen and oxygen atoms in total. The van der Waals surface area contributed by atoms with Crippen LogP contribution in [0.15, 0.2) is 23.8 Å². The molecule has 1 aromatic rings. The minimum Gasteiger partial charge on any atom is -0.508 e. The van der Waals surface area contributed by atoms with Gasteiger partial charge in [-0.2, -0.15) is 0 Å². The molecule has 2 unspecified atom stereocenters. The van der Waals surface area contributed by atoms with Crippen LogP contribution in [0.3, 0.4) is 0 Å². The predicted octanol–water partition coefficient (Wildman–Crippen LogP) is 4.38. The van der Waals surface area contributed by atoms with E-state index in [-0.39, 0.29) is 11.3 Å². The van der Waals surface area contributed by atoms with E-state index >= 15 is 0 Å². The minimum absolute atomic E-state index is 0.0420. The summed E-state index contributed by atoms with van der Waals surface area (Å²) in [5, 5.41) is 10.8. The second-order valence-electron chi connectivity index (χ2n) is 8.82. The van der Waals surface area contributed by atoms with Gasteiger partial charge in [-0.15, -0.1) is 0 Å². The Hall–Kier alpha value is -1.48. The summed E-state index contributed by atoms with van der Waals surface area (Å²) in [4.78, 5) is 0. The van der Waals surface area contributed by atoms with Crippen LogP contribution in [-0.4, -0.2) is 16.2 Å². The molecule has 3 rings (SSSR count). The first-order valence-electron chi connectivity index (χ1n) is 8.46. The Kier molecular flexibility index (Phi) is 3.39. The number of fused-ring (bicyclic) bond motifs is 3. The van der Waals surface area contributed by atoms with E-state index in [0.29, 0.717) is 5.75 Å². The number of aromatic hydroxyl groups is 1. The molecule has 23 heavy (non-hydrogen) atoms. The van der Waals surface area contributed by atoms with Gasteiger partial charge in [-0.25, -0.2) is 0 Å². The van der Waals surface area contributed by atoms with Gasteiger partial charge in [0.05, 0.1) is 5.54 Å². The van der Waals surface area contributed by atoms with Gasteiger partial charge in [-0.1, -0.05) is 32.4 Å². The summed E-state index contributed by atoms with van der Waals surface area (Å²) in [5.41, 5.74) is 9.10. The van der Waals surface area contributed by atoms with Crippen LogP contribution in [0.25, 0.3) is 0 Å². The fourth-order valence-electron chi connectivity index (χ4n) is 3.95. The van der Waals surface area contributed by atoms with E-state index in [4.69, 9.17) is 10.5 Å². The minimum atomic E-state index is -0.500. The van der Waals surface area contributed by atoms with Crippen molar-refractivity contribution >= 4 is 0 Å². The lowest BCUT2D eigenvalue weighted by Crippen LogP contribution is -2.66. The van der Waals surface area contributed by atoms with Gasteiger partial charge in [0.2, 0.25) is 0 Å². The molecule has 0 amide bonds. The third-order valence-electron chi connectivity index (χ3n) is 5.76. The van der Waals surface area contributed by atoms with Crippen LogP contribution in [0.5, 0.6) is 11.5 Å². The zero-order valence-corrected chi connectivity index (χ0v) is 15.2. The summed E-state index contributed by atoms with van der Waals surface area (Å²) in [6.45, 7) is 12.7. The number of ether oxygens (including phenoxy) is 1. The lowest BCUT2D eigenvalue weighted by Gasteiger charge is -2.54. The summed E-state index contributed by atoms with van der Waals surface area (Å²) in [5.74, 6) is 1.19. The van der Waals surface area contributed by atoms with Crippen molar-refractivity contribution in [2.24, 2.45) is 5.73 Å². The van der Waals surface area contributed by atoms with Crippen LogP contribution in [0.1, 0.15) is 71.4 Å². The molecule has 0 radical (unpaired) electrons. The molecule has 0 aromatic heterocycles. The zero-order valence-electron chi connectivity index (χ0n) is 15.2. The molecule has 126 valence electrons. The highest BCUT2D eigenvalue weighted by molar-refractivity contribution is 5.55. The summed E-state index contributed by atoms with van der Waals surface area (Å²) in [6.07, 6.45) is 3.86. The van der Waals surface area contributed by atoms with E-state index in [9.17, 15) is 5.11 Å². The van der Waals surface area contributed by atoms with E-state index < -0.39 is 11.1 Å². The molecule has 0 saturated heterocycles. The second-order valence-corrected chi connectivity index (χ2v) is 8.82. The Morgan fingerprint density at radius 1 is 1.26 bits per heavy atom. The number of phenols is 1. The molecule has 3 N–H and O–H groups in total. The molecule has 1 aromatic carbocycles. The van der Waals surface area contributed by atoms with Crippen LogP contribution in [0.2, 0.25) is 0 Å². The average molecular weight is 315 g/mol. The maximum absolute atomic E-state index is 10.8. The molecule has 0 spiro atoms. The topological polar surface area (TPSA) is 55.5 Å². The maximum Gasteiger partial charge on any atom is 0.127 e. The lowest BCUT2D eigenvalue weighted by atomic mass is 9.61. The molecule has 1 heterocycles. The Morgan fingerprint density at radius 3 is 2.52 bits per heavy atom. The smallest absolute Gasteiger partial charge is 0.127 e. The van der Waals surface area contributed by atoms with E-state index in [0.717, 1.165) is 29.7 Å². The van der Waals surface area contributed by atoms with Gasteiger partial charge in [0.25, 0.3) is 0 Å². The first-order chi connectivity index (χ1) is 10.5. The molecule has 2 atom stereocenters. The van der Waals surface area contributed by atoms with Gasteiger partial charge in [0.1, 0.15) is 17.1 Å². The summed E-state index contributed by atoms with van der Waals surface area (Å²) >= 11 is 0. The molecular weight excluding hydrogens is 286 g/mol. The second kappa shape index (κ2) is 4.76. The van der Waals surface area contributed by atoms with Crippen molar-refractivity contribution < 1.29 is 9.84 Å². The van der Waals surface area contributed by atoms with E-state index in [1.807, 2.05) is 6.07 Å². The highest BCUT2D eigenvalue weighted by Gasteiger charge is 2.55. The molecule has 0 saturated carbocycles. The molecule has 3 heteroatoms. The van der Waals surface area contributed by atoms with Crippen molar-refractivity contribution in [3.63, 3.8) is 0 Å². The van der Waals surface area contributed by atoms with E-state index in [2.05, 4.69) is 53.7 Å². The normalized spacial score (nSPS) is 29.2. The monoisotopic (exact) mass is 315 g/mol. The maximum atomic E-state index is 10.8. The van der Waals surface area contributed by atoms with Crippen molar-refractivity contribution in [2.45, 2.75) is 76.9 Å². The van der Waals surface area contributed by atoms with Crippen molar-refractivity contribution in [1.29, 1.82) is 0 Å². The van der Waals surface area contributed by atoms with Crippen molar-refractivity contribution in [1.82, 2.24) is 0 Å². The van der Waals surface area contributed by atoms with Gasteiger partial charge >= 0.3 is 0 Å². The fourth-order valence-corrected chi connectivity index (χ4v) is 3.95. The first-order valence-corrected chi connectivity index (χ1v) is 8.46. The Bertz CT molecular complexity index is 682. The third-order valence-corrected chi connectivity index (χ3v) is 5.76. The van der Waals surface area contributed by atoms with Crippen molar-refractivity contribution in [3.8, 4) is 11.5 Å². The largest absolute Gasteiger partial charge is 0.508 e. The zero-order chi connectivity index (χ0) is 17.2. The first kappa shape index (κ1) is 16.4. The predicted molar refractivity (Wildman–Crippen MR) is 94.2 cm³/mol. The number of allylic oxidation sites excluding steroid dienone is 1. The summed E-state index contributed by atoms with van der Waals surface area (Å²) in [7, 11) is 0. The van der Waals surface area contributed by atoms with Gasteiger partial charge in [-0.3, -0.25) is 0 Å². The molecular formula is C20H29NO2. The van der Waals surface area contributed by atoms with Crippen molar-refractivity contribution in [2.75, 3.05) is 0 Å². The van der Waals surface area contributed by atoms with Crippen LogP contribution < -0.4 is 10.5 Å². The van der Waals surface area contributed by atoms with Crippen LogP contribution in [0, 0.1) is 0 Å². The fraction of sp³-hybridized carbons (Fsp3) is 0.600. The van der Waals surface area contributed by atoms with E-state index in [1.54, 1.807) is 0 Å². The van der Waals surface area contributed by atoms with Crippen molar-refractivity contribution in [3.05, 3.63) is 34.9 Å². The molecule has 1 aliphatic heterocycles. The average Bonchev–Trinajstić information content (AvgIpc) is 2.39. The standard InChI is InChI=1S/C20H29NO2/c1-12-7-8-20(21)14(9-12)17-15(22)10-13(18(2,3)4)11-16(17)23-19(20,5)6/h7,10-11,14,22H,8-9,21H2,1-6H3. The number of hydrogen-bond acceptors (Lipinski definition) is 3. The Labute approximate surface area is 139 Å². The lowest BCUT2D eigenvalue weighted by molar-refractivity contribution is -0.0145. The Balaban J connectivity index is 2.22. The SMILES string of the molecule is CC1=CCC2(N)C(C1)c1c(O)cc(C(C)(C)C)cc1OC2(C)C. The van der Waals surface area contributed by atoms with Gasteiger partial charge in [0.15, 0.2) is 0 Å². The number of phenolic OH excluding ortho intramolecular Hbond substituents is 1.